The van der Waals surface area contributed by atoms with Crippen molar-refractivity contribution in [3.8, 4) is 0 Å². The molecule has 0 amide bonds. The molecular weight excluding hydrogens is 154 g/mol. The second-order valence-corrected chi connectivity index (χ2v) is 2.37. The molecule has 0 saturated heterocycles. The highest BCUT2D eigenvalue weighted by Crippen LogP contribution is 2.05. The maximum absolute atomic E-state index is 8.74. The number of anilines is 1. The van der Waals surface area contributed by atoms with Crippen LogP contribution in [0.1, 0.15) is 6.92 Å². The van der Waals surface area contributed by atoms with E-state index in [0.717, 1.165) is 12.4 Å². The maximum atomic E-state index is 8.74. The van der Waals surface area contributed by atoms with E-state index in [0.29, 0.717) is 6.54 Å². The Morgan fingerprint density at radius 1 is 1.50 bits per heavy atom. The van der Waals surface area contributed by atoms with Gasteiger partial charge in [0.15, 0.2) is 0 Å². The first-order valence-electron chi connectivity index (χ1n) is 4.00. The molecule has 0 unspecified atom stereocenters. The molecule has 0 fully saturated rings. The van der Waals surface area contributed by atoms with E-state index in [-0.39, 0.29) is 6.61 Å². The fraction of sp³-hybridized carbons (Fsp3) is 0.500. The van der Waals surface area contributed by atoms with Crippen LogP contribution in [0.25, 0.3) is 0 Å². The topological polar surface area (TPSA) is 49.2 Å². The minimum absolute atomic E-state index is 0.143. The van der Waals surface area contributed by atoms with Crippen molar-refractivity contribution < 1.29 is 5.11 Å². The van der Waals surface area contributed by atoms with E-state index in [2.05, 4.69) is 9.97 Å². The summed E-state index contributed by atoms with van der Waals surface area (Å²) >= 11 is 0. The molecule has 0 bridgehead atoms. The van der Waals surface area contributed by atoms with Gasteiger partial charge in [-0.05, 0) is 6.92 Å². The van der Waals surface area contributed by atoms with Crippen LogP contribution >= 0.6 is 0 Å². The van der Waals surface area contributed by atoms with Crippen LogP contribution in [0.4, 0.5) is 5.82 Å². The first-order chi connectivity index (χ1) is 5.88. The lowest BCUT2D eigenvalue weighted by molar-refractivity contribution is 0.302. The van der Waals surface area contributed by atoms with Crippen LogP contribution in [0.2, 0.25) is 0 Å². The number of nitrogens with zero attached hydrogens (tertiary/aromatic N) is 3. The van der Waals surface area contributed by atoms with Crippen molar-refractivity contribution in [1.82, 2.24) is 9.97 Å². The summed E-state index contributed by atoms with van der Waals surface area (Å²) < 4.78 is 0. The Hall–Kier alpha value is -1.16. The van der Waals surface area contributed by atoms with Crippen molar-refractivity contribution in [2.24, 2.45) is 0 Å². The Bertz CT molecular complexity index is 215. The number of aromatic nitrogens is 2. The molecule has 0 aliphatic heterocycles. The molecule has 12 heavy (non-hydrogen) atoms. The van der Waals surface area contributed by atoms with Gasteiger partial charge in [0.25, 0.3) is 0 Å². The SMILES string of the molecule is CCN(CCO)c1cnccn1. The van der Waals surface area contributed by atoms with Crippen LogP contribution in [0.3, 0.4) is 0 Å². The number of aliphatic hydroxyl groups excluding tert-OH is 1. The molecule has 0 aliphatic rings. The van der Waals surface area contributed by atoms with E-state index in [9.17, 15) is 0 Å². The smallest absolute Gasteiger partial charge is 0.147 e. The molecule has 4 nitrogen and oxygen atoms in total. The number of likely N-dealkylation sites (N-methyl/N-ethyl adjacent to an activating group) is 1. The minimum atomic E-state index is 0.143. The molecule has 1 aromatic heterocycles. The predicted molar refractivity (Wildman–Crippen MR) is 47.0 cm³/mol. The van der Waals surface area contributed by atoms with Crippen LogP contribution in [-0.2, 0) is 0 Å². The van der Waals surface area contributed by atoms with E-state index in [4.69, 9.17) is 5.11 Å². The van der Waals surface area contributed by atoms with Gasteiger partial charge >= 0.3 is 0 Å². The Morgan fingerprint density at radius 3 is 2.83 bits per heavy atom. The van der Waals surface area contributed by atoms with Crippen molar-refractivity contribution in [3.63, 3.8) is 0 Å². The number of rotatable bonds is 4. The highest BCUT2D eigenvalue weighted by molar-refractivity contribution is 5.34. The summed E-state index contributed by atoms with van der Waals surface area (Å²) in [7, 11) is 0. The number of hydrogen-bond acceptors (Lipinski definition) is 4. The molecular formula is C8H13N3O. The standard InChI is InChI=1S/C8H13N3O/c1-2-11(5-6-12)8-7-9-3-4-10-8/h3-4,7,12H,2,5-6H2,1H3. The normalized spacial score (nSPS) is 9.83. The average molecular weight is 167 g/mol. The van der Waals surface area contributed by atoms with Crippen molar-refractivity contribution in [3.05, 3.63) is 18.6 Å². The molecule has 0 radical (unpaired) electrons. The number of aliphatic hydroxyl groups is 1. The number of hydrogen-bond donors (Lipinski definition) is 1. The lowest BCUT2D eigenvalue weighted by atomic mass is 10.5. The fourth-order valence-corrected chi connectivity index (χ4v) is 1.01. The molecule has 1 aromatic rings. The van der Waals surface area contributed by atoms with Gasteiger partial charge in [0.2, 0.25) is 0 Å². The van der Waals surface area contributed by atoms with Crippen molar-refractivity contribution in [1.29, 1.82) is 0 Å². The van der Waals surface area contributed by atoms with Gasteiger partial charge in [-0.1, -0.05) is 0 Å². The summed E-state index contributed by atoms with van der Waals surface area (Å²) in [6, 6.07) is 0. The monoisotopic (exact) mass is 167 g/mol. The van der Waals surface area contributed by atoms with E-state index < -0.39 is 0 Å². The first kappa shape index (κ1) is 8.93. The van der Waals surface area contributed by atoms with Gasteiger partial charge in [0.1, 0.15) is 5.82 Å². The summed E-state index contributed by atoms with van der Waals surface area (Å²) in [5.74, 6) is 0.814. The molecule has 0 saturated carbocycles. The van der Waals surface area contributed by atoms with Gasteiger partial charge in [-0.3, -0.25) is 4.98 Å². The third-order valence-corrected chi connectivity index (χ3v) is 1.63. The molecule has 1 N–H and O–H groups in total. The highest BCUT2D eigenvalue weighted by Gasteiger charge is 2.02. The fourth-order valence-electron chi connectivity index (χ4n) is 1.01. The summed E-state index contributed by atoms with van der Waals surface area (Å²) in [4.78, 5) is 10.0. The van der Waals surface area contributed by atoms with Gasteiger partial charge in [0.05, 0.1) is 12.8 Å². The predicted octanol–water partition coefficient (Wildman–Crippen LogP) is 0.295. The van der Waals surface area contributed by atoms with Gasteiger partial charge in [-0.25, -0.2) is 4.98 Å². The third-order valence-electron chi connectivity index (χ3n) is 1.63. The van der Waals surface area contributed by atoms with Crippen molar-refractivity contribution >= 4 is 5.82 Å². The lowest BCUT2D eigenvalue weighted by Gasteiger charge is -2.19. The molecule has 1 rings (SSSR count). The van der Waals surface area contributed by atoms with Crippen LogP contribution < -0.4 is 4.90 Å². The van der Waals surface area contributed by atoms with Gasteiger partial charge in [-0.15, -0.1) is 0 Å². The summed E-state index contributed by atoms with van der Waals surface area (Å²) in [6.45, 7) is 3.60. The molecule has 0 aromatic carbocycles. The Morgan fingerprint density at radius 2 is 2.33 bits per heavy atom. The second-order valence-electron chi connectivity index (χ2n) is 2.37. The summed E-state index contributed by atoms with van der Waals surface area (Å²) in [5.41, 5.74) is 0. The zero-order valence-corrected chi connectivity index (χ0v) is 7.14. The minimum Gasteiger partial charge on any atom is -0.395 e. The molecule has 66 valence electrons. The zero-order valence-electron chi connectivity index (χ0n) is 7.14. The van der Waals surface area contributed by atoms with Crippen LogP contribution in [0.15, 0.2) is 18.6 Å². The molecule has 0 spiro atoms. The molecule has 4 heteroatoms. The Labute approximate surface area is 71.9 Å². The quantitative estimate of drug-likeness (QED) is 0.700. The van der Waals surface area contributed by atoms with Crippen molar-refractivity contribution in [2.75, 3.05) is 24.6 Å². The molecule has 0 aliphatic carbocycles. The van der Waals surface area contributed by atoms with E-state index in [1.54, 1.807) is 18.6 Å². The Balaban J connectivity index is 2.66. The maximum Gasteiger partial charge on any atom is 0.147 e. The molecule has 1 heterocycles. The average Bonchev–Trinajstić information content (AvgIpc) is 2.15. The van der Waals surface area contributed by atoms with Crippen molar-refractivity contribution in [2.45, 2.75) is 6.92 Å². The van der Waals surface area contributed by atoms with E-state index >= 15 is 0 Å². The van der Waals surface area contributed by atoms with Crippen LogP contribution in [0, 0.1) is 0 Å². The van der Waals surface area contributed by atoms with Crippen LogP contribution in [-0.4, -0.2) is 34.8 Å². The first-order valence-corrected chi connectivity index (χ1v) is 4.00. The molecule has 0 atom stereocenters. The summed E-state index contributed by atoms with van der Waals surface area (Å²) in [6.07, 6.45) is 4.98. The lowest BCUT2D eigenvalue weighted by Crippen LogP contribution is -2.26. The highest BCUT2D eigenvalue weighted by atomic mass is 16.3. The largest absolute Gasteiger partial charge is 0.395 e. The second kappa shape index (κ2) is 4.66. The van der Waals surface area contributed by atoms with Gasteiger partial charge in [-0.2, -0.15) is 0 Å². The van der Waals surface area contributed by atoms with Crippen LogP contribution in [0.5, 0.6) is 0 Å². The third kappa shape index (κ3) is 2.17. The Kier molecular flexibility index (Phi) is 3.47. The van der Waals surface area contributed by atoms with E-state index in [1.807, 2.05) is 11.8 Å². The van der Waals surface area contributed by atoms with Gasteiger partial charge < -0.3 is 10.0 Å². The zero-order chi connectivity index (χ0) is 8.81. The summed E-state index contributed by atoms with van der Waals surface area (Å²) in [5, 5.41) is 8.74. The van der Waals surface area contributed by atoms with Gasteiger partial charge in [0, 0.05) is 25.5 Å². The van der Waals surface area contributed by atoms with E-state index in [1.165, 1.54) is 0 Å².